The molecule has 82 valence electrons. The predicted octanol–water partition coefficient (Wildman–Crippen LogP) is 2.97. The van der Waals surface area contributed by atoms with Crippen molar-refractivity contribution >= 4 is 34.4 Å². The van der Waals surface area contributed by atoms with Gasteiger partial charge in [-0.25, -0.2) is 4.79 Å². The van der Waals surface area contributed by atoms with E-state index in [0.29, 0.717) is 11.4 Å². The zero-order valence-corrected chi connectivity index (χ0v) is 9.25. The Kier molecular flexibility index (Phi) is 3.07. The average Bonchev–Trinajstić information content (AvgIpc) is 2.74. The standard InChI is InChI=1S/C11H11N3OS/c12-8-1-3-9(4-2-8)13-11(15)14-10-5-6-16-7-10/h1-7H,12H2,(H2,13,14,15). The van der Waals surface area contributed by atoms with Crippen molar-refractivity contribution in [3.63, 3.8) is 0 Å². The summed E-state index contributed by atoms with van der Waals surface area (Å²) in [4.78, 5) is 11.5. The lowest BCUT2D eigenvalue weighted by atomic mass is 10.3. The van der Waals surface area contributed by atoms with Crippen LogP contribution in [0.25, 0.3) is 0 Å². The Labute approximate surface area is 97.1 Å². The molecule has 16 heavy (non-hydrogen) atoms. The molecule has 0 aliphatic rings. The van der Waals surface area contributed by atoms with Crippen molar-refractivity contribution in [3.05, 3.63) is 41.1 Å². The van der Waals surface area contributed by atoms with Gasteiger partial charge in [-0.15, -0.1) is 0 Å². The highest BCUT2D eigenvalue weighted by atomic mass is 32.1. The number of amides is 2. The SMILES string of the molecule is Nc1ccc(NC(=O)Nc2ccsc2)cc1. The minimum atomic E-state index is -0.261. The van der Waals surface area contributed by atoms with Gasteiger partial charge < -0.3 is 16.4 Å². The van der Waals surface area contributed by atoms with Crippen LogP contribution in [0, 0.1) is 0 Å². The molecule has 1 aromatic carbocycles. The second kappa shape index (κ2) is 4.67. The Morgan fingerprint density at radius 1 is 1.06 bits per heavy atom. The summed E-state index contributed by atoms with van der Waals surface area (Å²) in [5, 5.41) is 9.19. The molecular formula is C11H11N3OS. The number of carbonyl (C=O) groups excluding carboxylic acids is 1. The fourth-order valence-electron chi connectivity index (χ4n) is 1.20. The van der Waals surface area contributed by atoms with E-state index in [9.17, 15) is 4.79 Å². The van der Waals surface area contributed by atoms with Gasteiger partial charge in [0.05, 0.1) is 5.69 Å². The van der Waals surface area contributed by atoms with Crippen LogP contribution in [0.5, 0.6) is 0 Å². The Morgan fingerprint density at radius 2 is 1.75 bits per heavy atom. The summed E-state index contributed by atoms with van der Waals surface area (Å²) in [6.07, 6.45) is 0. The van der Waals surface area contributed by atoms with E-state index in [1.54, 1.807) is 24.3 Å². The number of hydrogen-bond acceptors (Lipinski definition) is 3. The molecule has 0 saturated heterocycles. The summed E-state index contributed by atoms with van der Waals surface area (Å²) in [5.41, 5.74) is 7.71. The molecule has 0 radical (unpaired) electrons. The lowest BCUT2D eigenvalue weighted by molar-refractivity contribution is 0.262. The van der Waals surface area contributed by atoms with Gasteiger partial charge in [-0.3, -0.25) is 0 Å². The smallest absolute Gasteiger partial charge is 0.323 e. The van der Waals surface area contributed by atoms with Gasteiger partial charge in [0.25, 0.3) is 0 Å². The maximum Gasteiger partial charge on any atom is 0.323 e. The summed E-state index contributed by atoms with van der Waals surface area (Å²) in [6.45, 7) is 0. The summed E-state index contributed by atoms with van der Waals surface area (Å²) >= 11 is 1.53. The topological polar surface area (TPSA) is 67.1 Å². The monoisotopic (exact) mass is 233 g/mol. The predicted molar refractivity (Wildman–Crippen MR) is 67.8 cm³/mol. The highest BCUT2D eigenvalue weighted by Crippen LogP contribution is 2.14. The normalized spacial score (nSPS) is 9.75. The molecule has 0 atom stereocenters. The van der Waals surface area contributed by atoms with E-state index in [-0.39, 0.29) is 6.03 Å². The Balaban J connectivity index is 1.95. The number of urea groups is 1. The van der Waals surface area contributed by atoms with Gasteiger partial charge in [0.1, 0.15) is 0 Å². The molecule has 0 saturated carbocycles. The molecule has 2 aromatic rings. The largest absolute Gasteiger partial charge is 0.399 e. The van der Waals surface area contributed by atoms with Gasteiger partial charge in [-0.2, -0.15) is 11.3 Å². The number of carbonyl (C=O) groups is 1. The van der Waals surface area contributed by atoms with Crippen molar-refractivity contribution in [1.29, 1.82) is 0 Å². The minimum absolute atomic E-state index is 0.261. The number of nitrogen functional groups attached to an aromatic ring is 1. The van der Waals surface area contributed by atoms with Gasteiger partial charge >= 0.3 is 6.03 Å². The molecule has 2 amide bonds. The number of nitrogens with one attached hydrogen (secondary N) is 2. The van der Waals surface area contributed by atoms with Crippen molar-refractivity contribution in [2.45, 2.75) is 0 Å². The molecule has 0 aliphatic heterocycles. The van der Waals surface area contributed by atoms with Crippen LogP contribution < -0.4 is 16.4 Å². The van der Waals surface area contributed by atoms with E-state index in [1.807, 2.05) is 16.8 Å². The molecule has 2 rings (SSSR count). The zero-order valence-electron chi connectivity index (χ0n) is 8.44. The van der Waals surface area contributed by atoms with Crippen LogP contribution >= 0.6 is 11.3 Å². The van der Waals surface area contributed by atoms with Crippen LogP contribution in [0.4, 0.5) is 21.9 Å². The van der Waals surface area contributed by atoms with Crippen molar-refractivity contribution in [2.75, 3.05) is 16.4 Å². The molecule has 4 N–H and O–H groups in total. The van der Waals surface area contributed by atoms with E-state index in [0.717, 1.165) is 5.69 Å². The van der Waals surface area contributed by atoms with Crippen LogP contribution in [0.2, 0.25) is 0 Å². The maximum absolute atomic E-state index is 11.5. The molecule has 4 nitrogen and oxygen atoms in total. The first-order valence-corrected chi connectivity index (χ1v) is 5.64. The van der Waals surface area contributed by atoms with Gasteiger partial charge in [0.15, 0.2) is 0 Å². The first-order chi connectivity index (χ1) is 7.74. The first kappa shape index (κ1) is 10.5. The molecular weight excluding hydrogens is 222 g/mol. The highest BCUT2D eigenvalue weighted by Gasteiger charge is 2.02. The van der Waals surface area contributed by atoms with E-state index >= 15 is 0 Å². The van der Waals surface area contributed by atoms with Crippen LogP contribution in [-0.4, -0.2) is 6.03 Å². The van der Waals surface area contributed by atoms with Crippen molar-refractivity contribution < 1.29 is 4.79 Å². The second-order valence-corrected chi connectivity index (χ2v) is 3.99. The summed E-state index contributed by atoms with van der Waals surface area (Å²) in [7, 11) is 0. The molecule has 0 unspecified atom stereocenters. The number of benzene rings is 1. The number of thiophene rings is 1. The molecule has 5 heteroatoms. The second-order valence-electron chi connectivity index (χ2n) is 3.21. The van der Waals surface area contributed by atoms with E-state index in [2.05, 4.69) is 10.6 Å². The molecule has 0 aliphatic carbocycles. The molecule has 1 heterocycles. The molecule has 1 aromatic heterocycles. The van der Waals surface area contributed by atoms with E-state index in [4.69, 9.17) is 5.73 Å². The minimum Gasteiger partial charge on any atom is -0.399 e. The van der Waals surface area contributed by atoms with Gasteiger partial charge in [-0.1, -0.05) is 0 Å². The number of hydrogen-bond donors (Lipinski definition) is 3. The Morgan fingerprint density at radius 3 is 2.38 bits per heavy atom. The van der Waals surface area contributed by atoms with Crippen molar-refractivity contribution in [3.8, 4) is 0 Å². The summed E-state index contributed by atoms with van der Waals surface area (Å²) in [5.74, 6) is 0. The fourth-order valence-corrected chi connectivity index (χ4v) is 1.78. The number of rotatable bonds is 2. The third-order valence-corrected chi connectivity index (χ3v) is 2.63. The van der Waals surface area contributed by atoms with Crippen molar-refractivity contribution in [2.24, 2.45) is 0 Å². The van der Waals surface area contributed by atoms with E-state index in [1.165, 1.54) is 11.3 Å². The summed E-state index contributed by atoms with van der Waals surface area (Å²) < 4.78 is 0. The average molecular weight is 233 g/mol. The lowest BCUT2D eigenvalue weighted by Crippen LogP contribution is -2.18. The summed E-state index contributed by atoms with van der Waals surface area (Å²) in [6, 6.07) is 8.56. The van der Waals surface area contributed by atoms with Crippen LogP contribution in [-0.2, 0) is 0 Å². The quantitative estimate of drug-likeness (QED) is 0.698. The highest BCUT2D eigenvalue weighted by molar-refractivity contribution is 7.08. The van der Waals surface area contributed by atoms with Gasteiger partial charge in [-0.05, 0) is 35.7 Å². The number of anilines is 3. The maximum atomic E-state index is 11.5. The molecule has 0 fully saturated rings. The van der Waals surface area contributed by atoms with Crippen LogP contribution in [0.3, 0.4) is 0 Å². The first-order valence-electron chi connectivity index (χ1n) is 4.70. The third kappa shape index (κ3) is 2.74. The third-order valence-electron chi connectivity index (χ3n) is 1.95. The fraction of sp³-hybridized carbons (Fsp3) is 0. The Hall–Kier alpha value is -2.01. The molecule has 0 bridgehead atoms. The Bertz CT molecular complexity index is 464. The van der Waals surface area contributed by atoms with Gasteiger partial charge in [0.2, 0.25) is 0 Å². The lowest BCUT2D eigenvalue weighted by Gasteiger charge is -2.06. The van der Waals surface area contributed by atoms with Crippen molar-refractivity contribution in [1.82, 2.24) is 0 Å². The van der Waals surface area contributed by atoms with Crippen LogP contribution in [0.15, 0.2) is 41.1 Å². The van der Waals surface area contributed by atoms with Gasteiger partial charge in [0, 0.05) is 16.8 Å². The molecule has 0 spiro atoms. The number of nitrogens with two attached hydrogens (primary N) is 1. The van der Waals surface area contributed by atoms with Crippen LogP contribution in [0.1, 0.15) is 0 Å². The van der Waals surface area contributed by atoms with E-state index < -0.39 is 0 Å². The zero-order chi connectivity index (χ0) is 11.4.